The van der Waals surface area contributed by atoms with E-state index in [9.17, 15) is 8.78 Å². The molecule has 27 heavy (non-hydrogen) atoms. The first-order valence-electron chi connectivity index (χ1n) is 9.67. The van der Waals surface area contributed by atoms with Crippen LogP contribution in [-0.4, -0.2) is 39.0 Å². The molecule has 0 N–H and O–H groups in total. The van der Waals surface area contributed by atoms with Gasteiger partial charge in [-0.15, -0.1) is 0 Å². The fourth-order valence-electron chi connectivity index (χ4n) is 3.38. The van der Waals surface area contributed by atoms with E-state index in [1.54, 1.807) is 6.07 Å². The van der Waals surface area contributed by atoms with Crippen molar-refractivity contribution < 1.29 is 27.7 Å². The molecule has 0 atom stereocenters. The zero-order chi connectivity index (χ0) is 19.1. The molecule has 1 aromatic rings. The summed E-state index contributed by atoms with van der Waals surface area (Å²) in [6.45, 7) is 4.69. The summed E-state index contributed by atoms with van der Waals surface area (Å²) < 4.78 is 49.2. The Morgan fingerprint density at radius 2 is 1.56 bits per heavy atom. The maximum Gasteiger partial charge on any atom is 0.159 e. The highest BCUT2D eigenvalue weighted by molar-refractivity contribution is 5.17. The average molecular weight is 382 g/mol. The predicted octanol–water partition coefficient (Wildman–Crippen LogP) is 4.23. The van der Waals surface area contributed by atoms with Crippen molar-refractivity contribution in [1.29, 1.82) is 0 Å². The molecule has 2 aliphatic heterocycles. The number of ether oxygens (including phenoxy) is 4. The lowest BCUT2D eigenvalue weighted by Gasteiger charge is -2.32. The van der Waals surface area contributed by atoms with Crippen LogP contribution in [0.15, 0.2) is 30.4 Å². The lowest BCUT2D eigenvalue weighted by atomic mass is 10.0. The van der Waals surface area contributed by atoms with E-state index >= 15 is 0 Å². The minimum absolute atomic E-state index is 0.141. The Kier molecular flexibility index (Phi) is 7.76. The van der Waals surface area contributed by atoms with Crippen LogP contribution in [0.2, 0.25) is 0 Å². The van der Waals surface area contributed by atoms with Crippen LogP contribution in [0.5, 0.6) is 0 Å². The molecule has 0 radical (unpaired) electrons. The third-order valence-electron chi connectivity index (χ3n) is 4.96. The van der Waals surface area contributed by atoms with Gasteiger partial charge in [0, 0.05) is 18.3 Å². The van der Waals surface area contributed by atoms with Gasteiger partial charge in [0.25, 0.3) is 0 Å². The molecule has 0 aromatic heterocycles. The molecule has 0 amide bonds. The van der Waals surface area contributed by atoms with Crippen molar-refractivity contribution in [1.82, 2.24) is 0 Å². The summed E-state index contributed by atoms with van der Waals surface area (Å²) in [4.78, 5) is 0. The van der Waals surface area contributed by atoms with Gasteiger partial charge in [-0.3, -0.25) is 0 Å². The van der Waals surface area contributed by atoms with Gasteiger partial charge in [-0.25, -0.2) is 8.78 Å². The molecule has 6 heteroatoms. The number of hydrogen-bond donors (Lipinski definition) is 0. The van der Waals surface area contributed by atoms with Crippen molar-refractivity contribution in [3.63, 3.8) is 0 Å². The third-order valence-corrected chi connectivity index (χ3v) is 4.96. The van der Waals surface area contributed by atoms with E-state index in [1.807, 2.05) is 13.0 Å². The molecule has 3 rings (SSSR count). The van der Waals surface area contributed by atoms with Gasteiger partial charge >= 0.3 is 0 Å². The summed E-state index contributed by atoms with van der Waals surface area (Å²) in [5.74, 6) is -0.967. The van der Waals surface area contributed by atoms with E-state index < -0.39 is 11.6 Å². The van der Waals surface area contributed by atoms with Crippen LogP contribution < -0.4 is 0 Å². The fraction of sp³-hybridized carbons (Fsp3) is 0.619. The average Bonchev–Trinajstić information content (AvgIpc) is 2.69. The second-order valence-electron chi connectivity index (χ2n) is 7.21. The van der Waals surface area contributed by atoms with Gasteiger partial charge in [0.1, 0.15) is 0 Å². The molecule has 2 saturated heterocycles. The molecule has 150 valence electrons. The van der Waals surface area contributed by atoms with Crippen LogP contribution in [0, 0.1) is 23.5 Å². The molecule has 2 aliphatic rings. The van der Waals surface area contributed by atoms with Gasteiger partial charge in [-0.2, -0.15) is 0 Å². The maximum absolute atomic E-state index is 13.2. The third kappa shape index (κ3) is 6.35. The maximum atomic E-state index is 13.2. The first-order chi connectivity index (χ1) is 13.1. The van der Waals surface area contributed by atoms with Crippen molar-refractivity contribution in [2.45, 2.75) is 45.2 Å². The molecule has 0 spiro atoms. The quantitative estimate of drug-likeness (QED) is 0.662. The Balaban J connectivity index is 1.30. The summed E-state index contributed by atoms with van der Waals surface area (Å²) in [6.07, 6.45) is 6.67. The molecule has 0 saturated carbocycles. The Morgan fingerprint density at radius 1 is 0.889 bits per heavy atom. The van der Waals surface area contributed by atoms with Crippen molar-refractivity contribution in [2.24, 2.45) is 11.8 Å². The summed E-state index contributed by atoms with van der Waals surface area (Å²) in [5.41, 5.74) is 0.742. The molecule has 2 fully saturated rings. The summed E-state index contributed by atoms with van der Waals surface area (Å²) >= 11 is 0. The predicted molar refractivity (Wildman–Crippen MR) is 97.1 cm³/mol. The molecule has 0 bridgehead atoms. The van der Waals surface area contributed by atoms with E-state index in [-0.39, 0.29) is 12.6 Å². The van der Waals surface area contributed by atoms with Crippen LogP contribution in [0.3, 0.4) is 0 Å². The molecular weight excluding hydrogens is 354 g/mol. The van der Waals surface area contributed by atoms with Crippen LogP contribution in [-0.2, 0) is 25.4 Å². The minimum Gasteiger partial charge on any atom is -0.352 e. The standard InChI is InChI=1S/C21H28F2O4/c1-2-3-16-11-24-21(25-12-16)9-6-17-13-26-20(27-14-17)8-5-15-4-7-18(22)19(23)10-15/h2-4,7,10,16-17,20-21H,5-6,8-9,11-14H2,1H3/b3-2-/t16-,17?,20?,21-. The number of aryl methyl sites for hydroxylation is 1. The Labute approximate surface area is 159 Å². The topological polar surface area (TPSA) is 36.9 Å². The zero-order valence-corrected chi connectivity index (χ0v) is 15.7. The minimum atomic E-state index is -0.824. The normalized spacial score (nSPS) is 29.3. The van der Waals surface area contributed by atoms with Crippen LogP contribution >= 0.6 is 0 Å². The molecule has 4 nitrogen and oxygen atoms in total. The van der Waals surface area contributed by atoms with Crippen LogP contribution in [0.4, 0.5) is 8.78 Å². The van der Waals surface area contributed by atoms with Gasteiger partial charge in [0.15, 0.2) is 24.2 Å². The largest absolute Gasteiger partial charge is 0.352 e. The van der Waals surface area contributed by atoms with Gasteiger partial charge < -0.3 is 18.9 Å². The van der Waals surface area contributed by atoms with E-state index in [4.69, 9.17) is 18.9 Å². The van der Waals surface area contributed by atoms with Crippen LogP contribution in [0.1, 0.15) is 31.7 Å². The summed E-state index contributed by atoms with van der Waals surface area (Å²) in [6, 6.07) is 3.97. The Morgan fingerprint density at radius 3 is 2.22 bits per heavy atom. The monoisotopic (exact) mass is 382 g/mol. The summed E-state index contributed by atoms with van der Waals surface area (Å²) in [7, 11) is 0. The SMILES string of the molecule is C/C=C\[C@H]1CO[C@H](CCC2COC(CCc3ccc(F)c(F)c3)OC2)OC1. The highest BCUT2D eigenvalue weighted by Crippen LogP contribution is 2.23. The van der Waals surface area contributed by atoms with Crippen molar-refractivity contribution in [2.75, 3.05) is 26.4 Å². The van der Waals surface area contributed by atoms with E-state index in [2.05, 4.69) is 6.08 Å². The van der Waals surface area contributed by atoms with Gasteiger partial charge in [0.05, 0.1) is 26.4 Å². The second kappa shape index (κ2) is 10.3. The first-order valence-corrected chi connectivity index (χ1v) is 9.67. The fourth-order valence-corrected chi connectivity index (χ4v) is 3.38. The highest BCUT2D eigenvalue weighted by atomic mass is 19.2. The lowest BCUT2D eigenvalue weighted by molar-refractivity contribution is -0.215. The van der Waals surface area contributed by atoms with Gasteiger partial charge in [-0.1, -0.05) is 18.2 Å². The number of benzene rings is 1. The number of rotatable bonds is 7. The highest BCUT2D eigenvalue weighted by Gasteiger charge is 2.25. The lowest BCUT2D eigenvalue weighted by Crippen LogP contribution is -2.35. The molecular formula is C21H28F2O4. The molecule has 2 heterocycles. The Hall–Kier alpha value is -1.34. The van der Waals surface area contributed by atoms with E-state index in [0.717, 1.165) is 24.5 Å². The van der Waals surface area contributed by atoms with Gasteiger partial charge in [0.2, 0.25) is 0 Å². The number of allylic oxidation sites excluding steroid dienone is 1. The number of hydrogen-bond acceptors (Lipinski definition) is 4. The van der Waals surface area contributed by atoms with Crippen molar-refractivity contribution >= 4 is 0 Å². The second-order valence-corrected chi connectivity index (χ2v) is 7.21. The van der Waals surface area contributed by atoms with E-state index in [0.29, 0.717) is 51.1 Å². The molecule has 0 unspecified atom stereocenters. The zero-order valence-electron chi connectivity index (χ0n) is 15.7. The van der Waals surface area contributed by atoms with Gasteiger partial charge in [-0.05, 0) is 43.9 Å². The van der Waals surface area contributed by atoms with E-state index in [1.165, 1.54) is 6.07 Å². The van der Waals surface area contributed by atoms with Crippen molar-refractivity contribution in [3.05, 3.63) is 47.5 Å². The first kappa shape index (κ1) is 20.4. The van der Waals surface area contributed by atoms with Crippen molar-refractivity contribution in [3.8, 4) is 0 Å². The van der Waals surface area contributed by atoms with Crippen LogP contribution in [0.25, 0.3) is 0 Å². The summed E-state index contributed by atoms with van der Waals surface area (Å²) in [5, 5.41) is 0. The number of halogens is 2. The smallest absolute Gasteiger partial charge is 0.159 e. The Bertz CT molecular complexity index is 606. The molecule has 0 aliphatic carbocycles. The molecule has 1 aromatic carbocycles.